The third-order valence-electron chi connectivity index (χ3n) is 9.62. The fourth-order valence-electron chi connectivity index (χ4n) is 7.64. The predicted molar refractivity (Wildman–Crippen MR) is 142 cm³/mol. The van der Waals surface area contributed by atoms with E-state index in [1.807, 2.05) is 6.08 Å². The van der Waals surface area contributed by atoms with E-state index >= 15 is 13.2 Å². The average molecular weight is 727 g/mol. The summed E-state index contributed by atoms with van der Waals surface area (Å²) in [5.41, 5.74) is 0.747. The van der Waals surface area contributed by atoms with Gasteiger partial charge >= 0.3 is 230 Å². The van der Waals surface area contributed by atoms with Crippen LogP contribution < -0.4 is 0 Å². The topological polar surface area (TPSA) is 61.0 Å². The van der Waals surface area contributed by atoms with Crippen molar-refractivity contribution in [2.45, 2.75) is 115 Å². The van der Waals surface area contributed by atoms with Gasteiger partial charge in [0.2, 0.25) is 0 Å². The van der Waals surface area contributed by atoms with E-state index in [2.05, 4.69) is 3.12 Å². The number of hydrogen-bond donors (Lipinski definition) is 0. The van der Waals surface area contributed by atoms with E-state index in [0.29, 0.717) is 55.2 Å². The van der Waals surface area contributed by atoms with E-state index in [0.717, 1.165) is 83.2 Å². The SMILES string of the molecule is O.O=C([O][SnH])C1=CC[N]([Sn]([CH2]C2CCCCC2F)([CH2]C2CCCCC2F)[CH2]C2CCCCC2F)CC1. The van der Waals surface area contributed by atoms with Crippen LogP contribution in [0.1, 0.15) is 83.5 Å². The molecule has 4 aliphatic rings. The Morgan fingerprint density at radius 1 is 0.833 bits per heavy atom. The molecule has 3 fully saturated rings. The number of halogens is 3. The van der Waals surface area contributed by atoms with E-state index in [1.54, 1.807) is 0 Å². The van der Waals surface area contributed by atoms with E-state index in [-0.39, 0.29) is 29.2 Å². The van der Waals surface area contributed by atoms with E-state index < -0.39 is 37.2 Å². The molecule has 0 aromatic rings. The minimum atomic E-state index is -3.46. The van der Waals surface area contributed by atoms with Crippen LogP contribution in [0.15, 0.2) is 11.6 Å². The second-order valence-corrected chi connectivity index (χ2v) is 24.8. The van der Waals surface area contributed by atoms with Gasteiger partial charge in [0, 0.05) is 0 Å². The van der Waals surface area contributed by atoms with Crippen LogP contribution in [0.25, 0.3) is 0 Å². The Balaban J connectivity index is 0.00000361. The summed E-state index contributed by atoms with van der Waals surface area (Å²) in [6.45, 7) is 1.45. The number of hydrogen-bond acceptors (Lipinski definition) is 3. The predicted octanol–water partition coefficient (Wildman–Crippen LogP) is 5.68. The summed E-state index contributed by atoms with van der Waals surface area (Å²) >= 11 is -3.01. The molecule has 206 valence electrons. The van der Waals surface area contributed by atoms with Crippen LogP contribution in [0.4, 0.5) is 13.2 Å². The van der Waals surface area contributed by atoms with Gasteiger partial charge in [-0.1, -0.05) is 0 Å². The van der Waals surface area contributed by atoms with Crippen molar-refractivity contribution in [2.75, 3.05) is 13.1 Å². The molecule has 2 N–H and O–H groups in total. The summed E-state index contributed by atoms with van der Waals surface area (Å²) in [6.07, 6.45) is 11.2. The molecule has 1 aliphatic heterocycles. The molecule has 36 heavy (non-hydrogen) atoms. The first-order valence-corrected chi connectivity index (χ1v) is 22.9. The number of carbonyl (C=O) groups excluding carboxylic acids is 1. The summed E-state index contributed by atoms with van der Waals surface area (Å²) in [5, 5.41) is 0. The quantitative estimate of drug-likeness (QED) is 0.303. The molecule has 3 saturated carbocycles. The first kappa shape index (κ1) is 31.1. The number of rotatable bonds is 8. The fourth-order valence-corrected chi connectivity index (χ4v) is 27.0. The standard InChI is InChI=1S/3C7H12F.C6H8NO2.H2O.2Sn.H/c3*1-6-4-2-3-5-7(6)8;8-6(9)5-1-3-7-4-2-5;;;;/h3*6-7H,1-5H2;1H,2-4H2,(H,8,9);1H2;;;/q;;;-1;;2*+1;/p-1. The third kappa shape index (κ3) is 7.80. The Labute approximate surface area is 233 Å². The molecule has 0 bridgehead atoms. The first-order chi connectivity index (χ1) is 16.9. The maximum absolute atomic E-state index is 15.3. The van der Waals surface area contributed by atoms with Gasteiger partial charge in [-0.25, -0.2) is 0 Å². The molecule has 9 heteroatoms. The van der Waals surface area contributed by atoms with Gasteiger partial charge in [-0.15, -0.1) is 0 Å². The van der Waals surface area contributed by atoms with Gasteiger partial charge in [0.1, 0.15) is 0 Å². The van der Waals surface area contributed by atoms with E-state index in [9.17, 15) is 4.79 Å². The Morgan fingerprint density at radius 3 is 1.58 bits per heavy atom. The maximum atomic E-state index is 15.3. The first-order valence-electron chi connectivity index (χ1n) is 14.2. The molecular formula is C27H46F3NO3Sn2. The molecule has 2 radical (unpaired) electrons. The van der Waals surface area contributed by atoms with Gasteiger partial charge in [-0.05, 0) is 0 Å². The van der Waals surface area contributed by atoms with Crippen LogP contribution in [0.2, 0.25) is 13.3 Å². The van der Waals surface area contributed by atoms with Gasteiger partial charge in [0.15, 0.2) is 0 Å². The molecule has 1 heterocycles. The third-order valence-corrected chi connectivity index (χ3v) is 26.2. The molecular weight excluding hydrogens is 681 g/mol. The second-order valence-electron chi connectivity index (χ2n) is 11.8. The normalized spacial score (nSPS) is 35.7. The monoisotopic (exact) mass is 729 g/mol. The Hall–Kier alpha value is 0.517. The van der Waals surface area contributed by atoms with Crippen molar-refractivity contribution >= 4 is 47.6 Å². The molecule has 3 aliphatic carbocycles. The summed E-state index contributed by atoms with van der Waals surface area (Å²) in [5.74, 6) is -0.0467. The van der Waals surface area contributed by atoms with Gasteiger partial charge in [0.05, 0.1) is 0 Å². The number of carbonyl (C=O) groups is 1. The van der Waals surface area contributed by atoms with Crippen molar-refractivity contribution in [3.63, 3.8) is 0 Å². The van der Waals surface area contributed by atoms with Crippen molar-refractivity contribution in [3.8, 4) is 0 Å². The zero-order valence-electron chi connectivity index (χ0n) is 21.7. The molecule has 0 spiro atoms. The summed E-state index contributed by atoms with van der Waals surface area (Å²) in [6, 6.07) is 0. The fraction of sp³-hybridized carbons (Fsp3) is 0.889. The van der Waals surface area contributed by atoms with Crippen LogP contribution in [0, 0.1) is 17.8 Å². The summed E-state index contributed by atoms with van der Waals surface area (Å²) in [7, 11) is 0. The van der Waals surface area contributed by atoms with Crippen molar-refractivity contribution < 1.29 is 26.5 Å². The van der Waals surface area contributed by atoms with E-state index in [1.165, 1.54) is 0 Å². The van der Waals surface area contributed by atoms with Crippen molar-refractivity contribution in [2.24, 2.45) is 17.8 Å². The van der Waals surface area contributed by atoms with Crippen LogP contribution in [-0.4, -0.2) is 87.8 Å². The van der Waals surface area contributed by atoms with Crippen LogP contribution >= 0.6 is 0 Å². The van der Waals surface area contributed by atoms with E-state index in [4.69, 9.17) is 3.07 Å². The van der Waals surface area contributed by atoms with Crippen LogP contribution in [-0.2, 0) is 7.87 Å². The average Bonchev–Trinajstić information content (AvgIpc) is 2.88. The molecule has 4 nitrogen and oxygen atoms in total. The van der Waals surface area contributed by atoms with Gasteiger partial charge in [0.25, 0.3) is 0 Å². The Morgan fingerprint density at radius 2 is 1.25 bits per heavy atom. The minimum absolute atomic E-state index is 0. The molecule has 4 rings (SSSR count). The van der Waals surface area contributed by atoms with Gasteiger partial charge in [-0.3, -0.25) is 0 Å². The van der Waals surface area contributed by atoms with Gasteiger partial charge < -0.3 is 5.48 Å². The molecule has 0 amide bonds. The van der Waals surface area contributed by atoms with Crippen LogP contribution in [0.3, 0.4) is 0 Å². The van der Waals surface area contributed by atoms with Crippen molar-refractivity contribution in [1.82, 2.24) is 3.12 Å². The van der Waals surface area contributed by atoms with Gasteiger partial charge in [-0.2, -0.15) is 0 Å². The zero-order chi connectivity index (χ0) is 24.8. The van der Waals surface area contributed by atoms with Crippen LogP contribution in [0.5, 0.6) is 0 Å². The molecule has 6 unspecified atom stereocenters. The van der Waals surface area contributed by atoms with Crippen molar-refractivity contribution in [3.05, 3.63) is 11.6 Å². The summed E-state index contributed by atoms with van der Waals surface area (Å²) < 4.78 is 56.2. The molecule has 0 aromatic heterocycles. The Kier molecular flexibility index (Phi) is 12.7. The number of alkyl halides is 3. The molecule has 0 saturated heterocycles. The summed E-state index contributed by atoms with van der Waals surface area (Å²) in [4.78, 5) is 12.2. The van der Waals surface area contributed by atoms with Crippen molar-refractivity contribution in [1.29, 1.82) is 0 Å². The molecule has 0 aromatic carbocycles. The zero-order valence-corrected chi connectivity index (χ0v) is 27.9. The Bertz CT molecular complexity index is 683. The number of nitrogens with zero attached hydrogens (tertiary/aromatic N) is 1. The molecule has 6 atom stereocenters. The second kappa shape index (κ2) is 14.8.